The van der Waals surface area contributed by atoms with Crippen molar-refractivity contribution in [2.45, 2.75) is 58.3 Å². The Morgan fingerprint density at radius 1 is 1.36 bits per heavy atom. The number of aromatic nitrogens is 2. The molecule has 25 heavy (non-hydrogen) atoms. The van der Waals surface area contributed by atoms with Gasteiger partial charge in [0.1, 0.15) is 5.71 Å². The van der Waals surface area contributed by atoms with E-state index in [2.05, 4.69) is 15.2 Å². The van der Waals surface area contributed by atoms with E-state index >= 15 is 0 Å². The Balaban J connectivity index is 1.70. The van der Waals surface area contributed by atoms with Gasteiger partial charge in [0, 0.05) is 44.3 Å². The molecule has 1 aromatic heterocycles. The molecule has 0 aromatic carbocycles. The van der Waals surface area contributed by atoms with E-state index in [1.54, 1.807) is 0 Å². The van der Waals surface area contributed by atoms with Crippen LogP contribution in [0.3, 0.4) is 0 Å². The molecule has 2 aliphatic rings. The zero-order chi connectivity index (χ0) is 18.0. The lowest BCUT2D eigenvalue weighted by Gasteiger charge is -2.32. The molecular formula is C17H25N5O3. The van der Waals surface area contributed by atoms with Crippen molar-refractivity contribution in [1.29, 1.82) is 0 Å². The van der Waals surface area contributed by atoms with Crippen LogP contribution in [0.5, 0.6) is 0 Å². The van der Waals surface area contributed by atoms with E-state index in [1.807, 2.05) is 25.7 Å². The zero-order valence-electron chi connectivity index (χ0n) is 15.1. The molecule has 8 nitrogen and oxygen atoms in total. The van der Waals surface area contributed by atoms with Gasteiger partial charge in [-0.05, 0) is 19.8 Å². The Morgan fingerprint density at radius 3 is 2.84 bits per heavy atom. The number of carbonyl (C=O) groups is 2. The minimum Gasteiger partial charge on any atom is -0.339 e. The van der Waals surface area contributed by atoms with Gasteiger partial charge in [-0.3, -0.25) is 9.59 Å². The standard InChI is InChI=1S/C17H25N5O3/c1-4-22-14(23)8-7-13(19-22)17(24)21-9-5-6-12(10-21)15-18-16(11(2)3)25-20-15/h11-12H,4-10H2,1-3H3/t12-/m1/s1. The van der Waals surface area contributed by atoms with Crippen LogP contribution in [0.2, 0.25) is 0 Å². The molecule has 1 atom stereocenters. The Morgan fingerprint density at radius 2 is 2.16 bits per heavy atom. The number of carbonyl (C=O) groups excluding carboxylic acids is 2. The van der Waals surface area contributed by atoms with E-state index < -0.39 is 0 Å². The summed E-state index contributed by atoms with van der Waals surface area (Å²) >= 11 is 0. The van der Waals surface area contributed by atoms with Gasteiger partial charge in [0.05, 0.1) is 0 Å². The van der Waals surface area contributed by atoms with Crippen LogP contribution in [-0.4, -0.2) is 57.2 Å². The SMILES string of the molecule is CCN1N=C(C(=O)N2CCC[C@@H](c3noc(C(C)C)n3)C2)CCC1=O. The molecule has 3 heterocycles. The monoisotopic (exact) mass is 347 g/mol. The number of amides is 2. The molecule has 3 rings (SSSR count). The fourth-order valence-electron chi connectivity index (χ4n) is 3.21. The summed E-state index contributed by atoms with van der Waals surface area (Å²) in [7, 11) is 0. The summed E-state index contributed by atoms with van der Waals surface area (Å²) in [6.07, 6.45) is 2.59. The minimum atomic E-state index is -0.0803. The number of piperidine rings is 1. The zero-order valence-corrected chi connectivity index (χ0v) is 15.1. The van der Waals surface area contributed by atoms with Gasteiger partial charge in [-0.15, -0.1) is 0 Å². The van der Waals surface area contributed by atoms with Crippen molar-refractivity contribution in [2.24, 2.45) is 5.10 Å². The molecular weight excluding hydrogens is 322 g/mol. The second-order valence-electron chi connectivity index (χ2n) is 6.89. The summed E-state index contributed by atoms with van der Waals surface area (Å²) in [5.41, 5.74) is 0.470. The lowest BCUT2D eigenvalue weighted by molar-refractivity contribution is -0.132. The highest BCUT2D eigenvalue weighted by atomic mass is 16.5. The Hall–Kier alpha value is -2.25. The predicted molar refractivity (Wildman–Crippen MR) is 91.0 cm³/mol. The molecule has 0 bridgehead atoms. The first-order chi connectivity index (χ1) is 12.0. The van der Waals surface area contributed by atoms with Crippen LogP contribution in [0.4, 0.5) is 0 Å². The highest BCUT2D eigenvalue weighted by Gasteiger charge is 2.32. The lowest BCUT2D eigenvalue weighted by atomic mass is 9.96. The fraction of sp³-hybridized carbons (Fsp3) is 0.706. The largest absolute Gasteiger partial charge is 0.339 e. The molecule has 1 fully saturated rings. The summed E-state index contributed by atoms with van der Waals surface area (Å²) in [5.74, 6) is 1.48. The molecule has 1 aromatic rings. The average Bonchev–Trinajstić information content (AvgIpc) is 3.12. The Labute approximate surface area is 147 Å². The van der Waals surface area contributed by atoms with Crippen LogP contribution in [0.1, 0.15) is 70.0 Å². The van der Waals surface area contributed by atoms with Gasteiger partial charge >= 0.3 is 0 Å². The van der Waals surface area contributed by atoms with E-state index in [0.29, 0.717) is 49.9 Å². The van der Waals surface area contributed by atoms with Gasteiger partial charge in [0.2, 0.25) is 11.8 Å². The van der Waals surface area contributed by atoms with Crippen LogP contribution in [0.25, 0.3) is 0 Å². The molecule has 0 saturated carbocycles. The molecule has 8 heteroatoms. The van der Waals surface area contributed by atoms with Crippen molar-refractivity contribution < 1.29 is 14.1 Å². The third-order valence-corrected chi connectivity index (χ3v) is 4.68. The van der Waals surface area contributed by atoms with Crippen LogP contribution < -0.4 is 0 Å². The highest BCUT2D eigenvalue weighted by molar-refractivity contribution is 6.39. The lowest BCUT2D eigenvalue weighted by Crippen LogP contribution is -2.45. The van der Waals surface area contributed by atoms with Gasteiger partial charge < -0.3 is 9.42 Å². The van der Waals surface area contributed by atoms with Gasteiger partial charge in [0.25, 0.3) is 5.91 Å². The van der Waals surface area contributed by atoms with E-state index in [-0.39, 0.29) is 23.7 Å². The quantitative estimate of drug-likeness (QED) is 0.829. The number of nitrogens with zero attached hydrogens (tertiary/aromatic N) is 5. The summed E-state index contributed by atoms with van der Waals surface area (Å²) in [4.78, 5) is 30.8. The van der Waals surface area contributed by atoms with Gasteiger partial charge in [-0.1, -0.05) is 19.0 Å². The van der Waals surface area contributed by atoms with E-state index in [9.17, 15) is 9.59 Å². The number of likely N-dealkylation sites (tertiary alicyclic amines) is 1. The summed E-state index contributed by atoms with van der Waals surface area (Å²) in [6, 6.07) is 0. The first-order valence-corrected chi connectivity index (χ1v) is 9.00. The molecule has 2 aliphatic heterocycles. The first kappa shape index (κ1) is 17.6. The van der Waals surface area contributed by atoms with E-state index in [4.69, 9.17) is 4.52 Å². The third kappa shape index (κ3) is 3.72. The number of hydrazone groups is 1. The van der Waals surface area contributed by atoms with Crippen LogP contribution in [-0.2, 0) is 9.59 Å². The Bertz CT molecular complexity index is 682. The smallest absolute Gasteiger partial charge is 0.270 e. The number of rotatable bonds is 4. The molecule has 1 saturated heterocycles. The van der Waals surface area contributed by atoms with Crippen molar-refractivity contribution >= 4 is 17.5 Å². The molecule has 0 N–H and O–H groups in total. The molecule has 0 aliphatic carbocycles. The van der Waals surface area contributed by atoms with Crippen molar-refractivity contribution in [3.8, 4) is 0 Å². The van der Waals surface area contributed by atoms with E-state index in [0.717, 1.165) is 12.8 Å². The second-order valence-corrected chi connectivity index (χ2v) is 6.89. The highest BCUT2D eigenvalue weighted by Crippen LogP contribution is 2.26. The number of hydrogen-bond donors (Lipinski definition) is 0. The molecule has 0 radical (unpaired) electrons. The summed E-state index contributed by atoms with van der Waals surface area (Å²) < 4.78 is 5.30. The second kappa shape index (κ2) is 7.33. The molecule has 136 valence electrons. The normalized spacial score (nSPS) is 21.7. The fourth-order valence-corrected chi connectivity index (χ4v) is 3.21. The summed E-state index contributed by atoms with van der Waals surface area (Å²) in [6.45, 7) is 7.62. The maximum absolute atomic E-state index is 12.8. The predicted octanol–water partition coefficient (Wildman–Crippen LogP) is 1.90. The van der Waals surface area contributed by atoms with Crippen molar-refractivity contribution in [3.63, 3.8) is 0 Å². The van der Waals surface area contributed by atoms with Crippen molar-refractivity contribution in [2.75, 3.05) is 19.6 Å². The summed E-state index contributed by atoms with van der Waals surface area (Å²) in [5, 5.41) is 9.72. The minimum absolute atomic E-state index is 0.0245. The maximum atomic E-state index is 12.8. The maximum Gasteiger partial charge on any atom is 0.270 e. The van der Waals surface area contributed by atoms with E-state index in [1.165, 1.54) is 5.01 Å². The Kier molecular flexibility index (Phi) is 5.15. The third-order valence-electron chi connectivity index (χ3n) is 4.68. The van der Waals surface area contributed by atoms with Crippen molar-refractivity contribution in [1.82, 2.24) is 20.0 Å². The van der Waals surface area contributed by atoms with Gasteiger partial charge in [-0.2, -0.15) is 10.1 Å². The topological polar surface area (TPSA) is 91.9 Å². The first-order valence-electron chi connectivity index (χ1n) is 9.00. The molecule has 2 amide bonds. The van der Waals surface area contributed by atoms with Crippen LogP contribution >= 0.6 is 0 Å². The van der Waals surface area contributed by atoms with Gasteiger partial charge in [-0.25, -0.2) is 5.01 Å². The van der Waals surface area contributed by atoms with Crippen LogP contribution in [0.15, 0.2) is 9.62 Å². The molecule has 0 spiro atoms. The van der Waals surface area contributed by atoms with Crippen molar-refractivity contribution in [3.05, 3.63) is 11.7 Å². The molecule has 0 unspecified atom stereocenters. The van der Waals surface area contributed by atoms with Crippen LogP contribution in [0, 0.1) is 0 Å². The number of hydrogen-bond acceptors (Lipinski definition) is 6. The van der Waals surface area contributed by atoms with Gasteiger partial charge in [0.15, 0.2) is 5.82 Å². The average molecular weight is 347 g/mol.